The molecule has 0 fully saturated rings. The van der Waals surface area contributed by atoms with Crippen LogP contribution in [0.15, 0.2) is 34.9 Å². The summed E-state index contributed by atoms with van der Waals surface area (Å²) in [7, 11) is 1.88. The zero-order valence-corrected chi connectivity index (χ0v) is 9.36. The van der Waals surface area contributed by atoms with Gasteiger partial charge in [-0.3, -0.25) is 0 Å². The number of ether oxygens (including phenoxy) is 1. The molecule has 0 aliphatic heterocycles. The van der Waals surface area contributed by atoms with Crippen molar-refractivity contribution in [1.29, 1.82) is 0 Å². The highest BCUT2D eigenvalue weighted by Crippen LogP contribution is 2.16. The molecule has 4 nitrogen and oxygen atoms in total. The van der Waals surface area contributed by atoms with Gasteiger partial charge in [0.05, 0.1) is 5.69 Å². The van der Waals surface area contributed by atoms with Gasteiger partial charge in [0, 0.05) is 18.8 Å². The molecule has 0 aliphatic carbocycles. The highest BCUT2D eigenvalue weighted by atomic mass is 16.5. The number of hydrogen-bond donors (Lipinski definition) is 1. The van der Waals surface area contributed by atoms with Crippen LogP contribution in [0, 0.1) is 6.92 Å². The zero-order chi connectivity index (χ0) is 11.4. The molecule has 0 spiro atoms. The highest BCUT2D eigenvalue weighted by Gasteiger charge is 2.01. The molecule has 0 unspecified atom stereocenters. The van der Waals surface area contributed by atoms with Crippen molar-refractivity contribution in [2.24, 2.45) is 0 Å². The summed E-state index contributed by atoms with van der Waals surface area (Å²) >= 11 is 0. The normalized spacial score (nSPS) is 10.1. The van der Waals surface area contributed by atoms with Gasteiger partial charge in [-0.05, 0) is 31.2 Å². The summed E-state index contributed by atoms with van der Waals surface area (Å²) in [4.78, 5) is 0. The maximum absolute atomic E-state index is 5.54. The van der Waals surface area contributed by atoms with E-state index in [2.05, 4.69) is 10.5 Å². The average molecular weight is 218 g/mol. The van der Waals surface area contributed by atoms with E-state index in [1.165, 1.54) is 0 Å². The maximum atomic E-state index is 5.54. The summed E-state index contributed by atoms with van der Waals surface area (Å²) in [5, 5.41) is 6.84. The summed E-state index contributed by atoms with van der Waals surface area (Å²) < 4.78 is 10.6. The number of nitrogens with one attached hydrogen (secondary N) is 1. The van der Waals surface area contributed by atoms with Crippen LogP contribution >= 0.6 is 0 Å². The summed E-state index contributed by atoms with van der Waals surface area (Å²) in [6.45, 7) is 2.29. The molecular formula is C12H14N2O2. The van der Waals surface area contributed by atoms with E-state index in [1.54, 1.807) is 0 Å². The Bertz CT molecular complexity index is 448. The zero-order valence-electron chi connectivity index (χ0n) is 9.36. The number of nitrogens with zero attached hydrogens (tertiary/aromatic N) is 1. The molecule has 2 aromatic rings. The molecule has 4 heteroatoms. The van der Waals surface area contributed by atoms with Gasteiger partial charge in [0.15, 0.2) is 5.76 Å². The minimum atomic E-state index is 0.403. The van der Waals surface area contributed by atoms with Crippen LogP contribution in [-0.2, 0) is 6.61 Å². The van der Waals surface area contributed by atoms with Crippen LogP contribution in [0.5, 0.6) is 5.75 Å². The third-order valence-corrected chi connectivity index (χ3v) is 2.20. The monoisotopic (exact) mass is 218 g/mol. The quantitative estimate of drug-likeness (QED) is 0.856. The predicted octanol–water partition coefficient (Wildman–Crippen LogP) is 2.60. The fourth-order valence-electron chi connectivity index (χ4n) is 1.36. The smallest absolute Gasteiger partial charge is 0.174 e. The topological polar surface area (TPSA) is 47.3 Å². The number of benzene rings is 1. The van der Waals surface area contributed by atoms with Crippen LogP contribution in [0.1, 0.15) is 11.5 Å². The molecular weight excluding hydrogens is 204 g/mol. The van der Waals surface area contributed by atoms with Crippen LogP contribution in [0.25, 0.3) is 0 Å². The van der Waals surface area contributed by atoms with E-state index in [1.807, 2.05) is 44.3 Å². The first-order valence-electron chi connectivity index (χ1n) is 5.11. The largest absolute Gasteiger partial charge is 0.486 e. The third kappa shape index (κ3) is 2.53. The van der Waals surface area contributed by atoms with Crippen LogP contribution in [0.2, 0.25) is 0 Å². The molecule has 0 saturated carbocycles. The molecule has 0 radical (unpaired) electrons. The fourth-order valence-corrected chi connectivity index (χ4v) is 1.36. The minimum Gasteiger partial charge on any atom is -0.486 e. The van der Waals surface area contributed by atoms with Gasteiger partial charge in [0.25, 0.3) is 0 Å². The first-order valence-corrected chi connectivity index (χ1v) is 5.11. The molecule has 0 atom stereocenters. The van der Waals surface area contributed by atoms with Gasteiger partial charge in [-0.1, -0.05) is 5.16 Å². The second-order valence-corrected chi connectivity index (χ2v) is 3.50. The molecule has 0 bridgehead atoms. The first-order chi connectivity index (χ1) is 7.78. The first kappa shape index (κ1) is 10.5. The van der Waals surface area contributed by atoms with Crippen molar-refractivity contribution in [2.45, 2.75) is 13.5 Å². The van der Waals surface area contributed by atoms with E-state index in [4.69, 9.17) is 9.26 Å². The standard InChI is InChI=1S/C12H14N2O2/c1-9-7-12(16-14-9)8-15-11-5-3-10(13-2)4-6-11/h3-7,13H,8H2,1-2H3. The van der Waals surface area contributed by atoms with Crippen molar-refractivity contribution in [1.82, 2.24) is 5.16 Å². The Morgan fingerprint density at radius 1 is 1.31 bits per heavy atom. The average Bonchev–Trinajstić information content (AvgIpc) is 2.73. The lowest BCUT2D eigenvalue weighted by molar-refractivity contribution is 0.249. The number of aryl methyl sites for hydroxylation is 1. The van der Waals surface area contributed by atoms with Gasteiger partial charge in [-0.15, -0.1) is 0 Å². The van der Waals surface area contributed by atoms with Crippen molar-refractivity contribution < 1.29 is 9.26 Å². The van der Waals surface area contributed by atoms with Gasteiger partial charge in [-0.25, -0.2) is 0 Å². The minimum absolute atomic E-state index is 0.403. The highest BCUT2D eigenvalue weighted by molar-refractivity contribution is 5.45. The van der Waals surface area contributed by atoms with Gasteiger partial charge >= 0.3 is 0 Å². The molecule has 16 heavy (non-hydrogen) atoms. The maximum Gasteiger partial charge on any atom is 0.174 e. The van der Waals surface area contributed by atoms with Crippen molar-refractivity contribution in [3.8, 4) is 5.75 Å². The molecule has 1 aromatic heterocycles. The Morgan fingerprint density at radius 3 is 2.62 bits per heavy atom. The lowest BCUT2D eigenvalue weighted by atomic mass is 10.3. The van der Waals surface area contributed by atoms with Crippen molar-refractivity contribution in [2.75, 3.05) is 12.4 Å². The van der Waals surface area contributed by atoms with Gasteiger partial charge in [-0.2, -0.15) is 0 Å². The molecule has 1 aromatic carbocycles. The predicted molar refractivity (Wildman–Crippen MR) is 61.6 cm³/mol. The van der Waals surface area contributed by atoms with E-state index in [9.17, 15) is 0 Å². The van der Waals surface area contributed by atoms with E-state index in [0.29, 0.717) is 6.61 Å². The number of anilines is 1. The summed E-state index contributed by atoms with van der Waals surface area (Å²) in [6, 6.07) is 9.61. The van der Waals surface area contributed by atoms with Gasteiger partial charge in [0.1, 0.15) is 12.4 Å². The Morgan fingerprint density at radius 2 is 2.06 bits per heavy atom. The number of aromatic nitrogens is 1. The molecule has 84 valence electrons. The third-order valence-electron chi connectivity index (χ3n) is 2.20. The second kappa shape index (κ2) is 4.70. The second-order valence-electron chi connectivity index (χ2n) is 3.50. The van der Waals surface area contributed by atoms with Crippen molar-refractivity contribution >= 4 is 5.69 Å². The van der Waals surface area contributed by atoms with Gasteiger partial charge < -0.3 is 14.6 Å². The lowest BCUT2D eigenvalue weighted by Crippen LogP contribution is -1.94. The SMILES string of the molecule is CNc1ccc(OCc2cc(C)no2)cc1. The number of hydrogen-bond acceptors (Lipinski definition) is 4. The summed E-state index contributed by atoms with van der Waals surface area (Å²) in [5.41, 5.74) is 1.92. The summed E-state index contributed by atoms with van der Waals surface area (Å²) in [5.74, 6) is 1.54. The molecule has 2 rings (SSSR count). The van der Waals surface area contributed by atoms with E-state index in [-0.39, 0.29) is 0 Å². The van der Waals surface area contributed by atoms with Gasteiger partial charge in [0.2, 0.25) is 0 Å². The Kier molecular flexibility index (Phi) is 3.10. The van der Waals surface area contributed by atoms with Crippen LogP contribution < -0.4 is 10.1 Å². The Balaban J connectivity index is 1.94. The van der Waals surface area contributed by atoms with E-state index >= 15 is 0 Å². The number of rotatable bonds is 4. The molecule has 0 aliphatic rings. The van der Waals surface area contributed by atoms with Crippen LogP contribution in [0.4, 0.5) is 5.69 Å². The molecule has 1 N–H and O–H groups in total. The Hall–Kier alpha value is -1.97. The van der Waals surface area contributed by atoms with Crippen molar-refractivity contribution in [3.63, 3.8) is 0 Å². The van der Waals surface area contributed by atoms with E-state index < -0.39 is 0 Å². The van der Waals surface area contributed by atoms with E-state index in [0.717, 1.165) is 22.9 Å². The molecule has 0 amide bonds. The van der Waals surface area contributed by atoms with Crippen LogP contribution in [0.3, 0.4) is 0 Å². The molecule has 1 heterocycles. The molecule has 0 saturated heterocycles. The van der Waals surface area contributed by atoms with Crippen LogP contribution in [-0.4, -0.2) is 12.2 Å². The fraction of sp³-hybridized carbons (Fsp3) is 0.250. The summed E-state index contributed by atoms with van der Waals surface area (Å²) in [6.07, 6.45) is 0. The van der Waals surface area contributed by atoms with Crippen molar-refractivity contribution in [3.05, 3.63) is 41.8 Å². The Labute approximate surface area is 94.2 Å². The lowest BCUT2D eigenvalue weighted by Gasteiger charge is -2.04.